The fourth-order valence-electron chi connectivity index (χ4n) is 4.68. The summed E-state index contributed by atoms with van der Waals surface area (Å²) in [5, 5.41) is 1.11. The van der Waals surface area contributed by atoms with Crippen molar-refractivity contribution in [1.82, 2.24) is 9.47 Å². The number of nitrogens with zero attached hydrogens (tertiary/aromatic N) is 2. The number of likely N-dealkylation sites (N-methyl/N-ethyl adjacent to an activating group) is 1. The second-order valence-corrected chi connectivity index (χ2v) is 8.08. The summed E-state index contributed by atoms with van der Waals surface area (Å²) in [7, 11) is 0. The zero-order valence-electron chi connectivity index (χ0n) is 17.9. The first-order valence-corrected chi connectivity index (χ1v) is 11.1. The van der Waals surface area contributed by atoms with E-state index in [1.807, 2.05) is 48.2 Å². The van der Waals surface area contributed by atoms with Gasteiger partial charge in [0.2, 0.25) is 0 Å². The third-order valence-corrected chi connectivity index (χ3v) is 6.20. The van der Waals surface area contributed by atoms with Crippen molar-refractivity contribution in [2.24, 2.45) is 0 Å². The van der Waals surface area contributed by atoms with Crippen LogP contribution in [0.15, 0.2) is 53.3 Å². The highest BCUT2D eigenvalue weighted by molar-refractivity contribution is 5.94. The largest absolute Gasteiger partial charge is 0.454 e. The molecule has 3 aromatic rings. The maximum absolute atomic E-state index is 12.8. The van der Waals surface area contributed by atoms with Crippen molar-refractivity contribution in [2.75, 3.05) is 13.2 Å². The molecule has 0 radical (unpaired) electrons. The predicted molar refractivity (Wildman–Crippen MR) is 121 cm³/mol. The van der Waals surface area contributed by atoms with Crippen LogP contribution in [-0.2, 0) is 20.9 Å². The van der Waals surface area contributed by atoms with Gasteiger partial charge in [0.15, 0.2) is 12.0 Å². The summed E-state index contributed by atoms with van der Waals surface area (Å²) in [5.74, 6) is -0.635. The molecule has 1 aliphatic rings. The van der Waals surface area contributed by atoms with Crippen molar-refractivity contribution < 1.29 is 14.3 Å². The Kier molecular flexibility index (Phi) is 6.35. The van der Waals surface area contributed by atoms with E-state index in [-0.39, 0.29) is 30.5 Å². The predicted octanol–water partition coefficient (Wildman–Crippen LogP) is 3.88. The summed E-state index contributed by atoms with van der Waals surface area (Å²) in [5.41, 5.74) is 1.29. The first kappa shape index (κ1) is 21.1. The molecular formula is C25H28N2O4. The minimum atomic E-state index is -0.494. The number of esters is 1. The smallest absolute Gasteiger partial charge is 0.326 e. The van der Waals surface area contributed by atoms with Crippen LogP contribution in [0.25, 0.3) is 21.8 Å². The van der Waals surface area contributed by atoms with Crippen molar-refractivity contribution in [1.29, 1.82) is 0 Å². The summed E-state index contributed by atoms with van der Waals surface area (Å²) in [6.07, 6.45) is 5.53. The van der Waals surface area contributed by atoms with E-state index in [1.54, 1.807) is 16.7 Å². The Morgan fingerprint density at radius 1 is 0.968 bits per heavy atom. The van der Waals surface area contributed by atoms with Crippen molar-refractivity contribution in [3.63, 3.8) is 0 Å². The molecule has 4 rings (SSSR count). The van der Waals surface area contributed by atoms with E-state index >= 15 is 0 Å². The lowest BCUT2D eigenvalue weighted by Crippen LogP contribution is -2.43. The van der Waals surface area contributed by atoms with E-state index in [0.29, 0.717) is 28.4 Å². The molecule has 1 saturated carbocycles. The van der Waals surface area contributed by atoms with Gasteiger partial charge in [-0.15, -0.1) is 0 Å². The summed E-state index contributed by atoms with van der Waals surface area (Å²) in [6, 6.07) is 14.7. The van der Waals surface area contributed by atoms with Gasteiger partial charge in [0.25, 0.3) is 5.91 Å². The van der Waals surface area contributed by atoms with E-state index in [1.165, 1.54) is 6.42 Å². The molecule has 0 saturated heterocycles. The van der Waals surface area contributed by atoms with Crippen molar-refractivity contribution >= 4 is 33.7 Å². The third-order valence-electron chi connectivity index (χ3n) is 6.20. The molecule has 162 valence electrons. The molecule has 0 unspecified atom stereocenters. The Morgan fingerprint density at radius 3 is 2.13 bits per heavy atom. The van der Waals surface area contributed by atoms with Crippen LogP contribution < -0.4 is 5.43 Å². The van der Waals surface area contributed by atoms with Crippen molar-refractivity contribution in [2.45, 2.75) is 51.6 Å². The molecule has 6 nitrogen and oxygen atoms in total. The number of hydrogen-bond acceptors (Lipinski definition) is 4. The molecule has 1 aliphatic carbocycles. The highest BCUT2D eigenvalue weighted by atomic mass is 16.5. The Morgan fingerprint density at radius 2 is 1.55 bits per heavy atom. The van der Waals surface area contributed by atoms with E-state index in [2.05, 4.69) is 0 Å². The second-order valence-electron chi connectivity index (χ2n) is 8.08. The van der Waals surface area contributed by atoms with Gasteiger partial charge in [-0.25, -0.2) is 0 Å². The summed E-state index contributed by atoms with van der Waals surface area (Å²) in [6.45, 7) is 2.27. The van der Waals surface area contributed by atoms with Crippen LogP contribution in [0.4, 0.5) is 0 Å². The molecule has 2 aromatic carbocycles. The lowest BCUT2D eigenvalue weighted by molar-refractivity contribution is -0.153. The number of fused-ring (bicyclic) bond motifs is 2. The number of pyridine rings is 1. The SMILES string of the molecule is CCN(C(=O)COC(=O)Cn1c2ccccc2c(=O)c2ccccc21)C1CCCCC1. The zero-order chi connectivity index (χ0) is 21.8. The van der Waals surface area contributed by atoms with Gasteiger partial charge in [0.05, 0.1) is 11.0 Å². The van der Waals surface area contributed by atoms with E-state index < -0.39 is 5.97 Å². The maximum Gasteiger partial charge on any atom is 0.326 e. The summed E-state index contributed by atoms with van der Waals surface area (Å²) < 4.78 is 7.17. The average Bonchev–Trinajstić information content (AvgIpc) is 2.81. The molecular weight excluding hydrogens is 392 g/mol. The van der Waals surface area contributed by atoms with Crippen LogP contribution in [0.5, 0.6) is 0 Å². The van der Waals surface area contributed by atoms with Crippen LogP contribution in [0.1, 0.15) is 39.0 Å². The van der Waals surface area contributed by atoms with Crippen LogP contribution in [0.2, 0.25) is 0 Å². The van der Waals surface area contributed by atoms with E-state index in [4.69, 9.17) is 4.74 Å². The molecule has 0 bridgehead atoms. The Balaban J connectivity index is 1.52. The molecule has 1 fully saturated rings. The fraction of sp³-hybridized carbons (Fsp3) is 0.400. The highest BCUT2D eigenvalue weighted by Gasteiger charge is 2.25. The Labute approximate surface area is 181 Å². The number of ether oxygens (including phenoxy) is 1. The van der Waals surface area contributed by atoms with Gasteiger partial charge in [0.1, 0.15) is 6.54 Å². The number of carbonyl (C=O) groups is 2. The average molecular weight is 421 g/mol. The summed E-state index contributed by atoms with van der Waals surface area (Å²) >= 11 is 0. The molecule has 0 atom stereocenters. The van der Waals surface area contributed by atoms with Gasteiger partial charge in [-0.05, 0) is 44.0 Å². The van der Waals surface area contributed by atoms with Crippen LogP contribution in [0.3, 0.4) is 0 Å². The third kappa shape index (κ3) is 4.33. The minimum Gasteiger partial charge on any atom is -0.454 e. The van der Waals surface area contributed by atoms with Gasteiger partial charge >= 0.3 is 5.97 Å². The van der Waals surface area contributed by atoms with Gasteiger partial charge in [0, 0.05) is 23.4 Å². The van der Waals surface area contributed by atoms with Crippen molar-refractivity contribution in [3.8, 4) is 0 Å². The quantitative estimate of drug-likeness (QED) is 0.448. The number of benzene rings is 2. The monoisotopic (exact) mass is 420 g/mol. The molecule has 1 amide bonds. The van der Waals surface area contributed by atoms with E-state index in [0.717, 1.165) is 25.7 Å². The minimum absolute atomic E-state index is 0.0583. The number of rotatable bonds is 6. The van der Waals surface area contributed by atoms with E-state index in [9.17, 15) is 14.4 Å². The van der Waals surface area contributed by atoms with Crippen LogP contribution in [-0.4, -0.2) is 40.5 Å². The molecule has 6 heteroatoms. The fourth-order valence-corrected chi connectivity index (χ4v) is 4.68. The number of hydrogen-bond donors (Lipinski definition) is 0. The lowest BCUT2D eigenvalue weighted by Gasteiger charge is -2.33. The molecule has 1 aromatic heterocycles. The van der Waals surface area contributed by atoms with Gasteiger partial charge in [-0.2, -0.15) is 0 Å². The zero-order valence-corrected chi connectivity index (χ0v) is 17.9. The van der Waals surface area contributed by atoms with Gasteiger partial charge in [-0.1, -0.05) is 43.5 Å². The first-order chi connectivity index (χ1) is 15.1. The van der Waals surface area contributed by atoms with Gasteiger partial charge in [-0.3, -0.25) is 14.4 Å². The molecule has 1 heterocycles. The standard InChI is InChI=1S/C25H28N2O4/c1-2-26(18-10-4-3-5-11-18)23(28)17-31-24(29)16-27-21-14-8-6-12-19(21)25(30)20-13-7-9-15-22(20)27/h6-9,12-15,18H,2-5,10-11,16-17H2,1H3. The lowest BCUT2D eigenvalue weighted by atomic mass is 9.94. The molecule has 0 spiro atoms. The highest BCUT2D eigenvalue weighted by Crippen LogP contribution is 2.23. The number of aromatic nitrogens is 1. The number of carbonyl (C=O) groups excluding carboxylic acids is 2. The van der Waals surface area contributed by atoms with Crippen molar-refractivity contribution in [3.05, 3.63) is 58.8 Å². The first-order valence-electron chi connectivity index (χ1n) is 11.1. The Hall–Kier alpha value is -3.15. The second kappa shape index (κ2) is 9.33. The number of amides is 1. The van der Waals surface area contributed by atoms with Crippen LogP contribution >= 0.6 is 0 Å². The van der Waals surface area contributed by atoms with Crippen LogP contribution in [0, 0.1) is 0 Å². The summed E-state index contributed by atoms with van der Waals surface area (Å²) in [4.78, 5) is 40.0. The number of para-hydroxylation sites is 2. The molecule has 0 N–H and O–H groups in total. The Bertz CT molecular complexity index is 1100. The van der Waals surface area contributed by atoms with Gasteiger partial charge < -0.3 is 14.2 Å². The molecule has 31 heavy (non-hydrogen) atoms. The maximum atomic E-state index is 12.8. The normalized spacial score (nSPS) is 14.6. The molecule has 0 aliphatic heterocycles. The topological polar surface area (TPSA) is 68.6 Å².